The third-order valence-electron chi connectivity index (χ3n) is 3.58. The van der Waals surface area contributed by atoms with Gasteiger partial charge < -0.3 is 11.1 Å². The fourth-order valence-electron chi connectivity index (χ4n) is 2.37. The molecule has 1 amide bonds. The number of amides is 1. The number of hydrogen-bond donors (Lipinski definition) is 2. The molecule has 2 rings (SSSR count). The van der Waals surface area contributed by atoms with E-state index in [2.05, 4.69) is 24.1 Å². The van der Waals surface area contributed by atoms with Gasteiger partial charge in [-0.25, -0.2) is 4.98 Å². The van der Waals surface area contributed by atoms with Gasteiger partial charge in [0.05, 0.1) is 11.9 Å². The van der Waals surface area contributed by atoms with E-state index >= 15 is 0 Å². The van der Waals surface area contributed by atoms with E-state index in [1.165, 1.54) is 12.6 Å². The van der Waals surface area contributed by atoms with E-state index in [1.807, 2.05) is 0 Å². The van der Waals surface area contributed by atoms with Gasteiger partial charge in [0, 0.05) is 6.04 Å². The van der Waals surface area contributed by atoms with Crippen LogP contribution in [-0.2, 0) is 0 Å². The Kier molecular flexibility index (Phi) is 3.05. The maximum atomic E-state index is 12.0. The van der Waals surface area contributed by atoms with Gasteiger partial charge in [-0.05, 0) is 30.4 Å². The van der Waals surface area contributed by atoms with Crippen LogP contribution in [0, 0.1) is 5.41 Å². The summed E-state index contributed by atoms with van der Waals surface area (Å²) in [5, 5.41) is 3.06. The molecule has 0 bridgehead atoms. The van der Waals surface area contributed by atoms with Crippen molar-refractivity contribution in [2.24, 2.45) is 5.41 Å². The normalized spacial score (nSPS) is 22.4. The summed E-state index contributed by atoms with van der Waals surface area (Å²) in [6, 6.07) is 3.60. The Bertz CT molecular complexity index is 411. The summed E-state index contributed by atoms with van der Waals surface area (Å²) < 4.78 is 0. The van der Waals surface area contributed by atoms with Crippen LogP contribution in [0.5, 0.6) is 0 Å². The van der Waals surface area contributed by atoms with E-state index in [1.54, 1.807) is 12.1 Å². The molecule has 0 radical (unpaired) electrons. The highest BCUT2D eigenvalue weighted by Crippen LogP contribution is 2.37. The number of hydrogen-bond acceptors (Lipinski definition) is 3. The molecule has 0 aliphatic heterocycles. The van der Waals surface area contributed by atoms with Crippen LogP contribution in [0.25, 0.3) is 0 Å². The van der Waals surface area contributed by atoms with Crippen molar-refractivity contribution in [2.75, 3.05) is 5.73 Å². The molecule has 3 N–H and O–H groups in total. The van der Waals surface area contributed by atoms with Crippen molar-refractivity contribution in [3.63, 3.8) is 0 Å². The molecule has 4 nitrogen and oxygen atoms in total. The van der Waals surface area contributed by atoms with Gasteiger partial charge in [0.15, 0.2) is 0 Å². The number of carbonyl (C=O) groups excluding carboxylic acids is 1. The maximum absolute atomic E-state index is 12.0. The van der Waals surface area contributed by atoms with Crippen LogP contribution in [0.3, 0.4) is 0 Å². The zero-order valence-electron chi connectivity index (χ0n) is 10.4. The Morgan fingerprint density at radius 3 is 2.82 bits per heavy atom. The second-order valence-electron chi connectivity index (χ2n) is 5.38. The number of anilines is 1. The van der Waals surface area contributed by atoms with Crippen molar-refractivity contribution in [3.05, 3.63) is 24.0 Å². The lowest BCUT2D eigenvalue weighted by molar-refractivity contribution is 0.0905. The SMILES string of the molecule is CC1(C)CCCC1NC(=O)c1ccc(N)cn1. The Labute approximate surface area is 102 Å². The van der Waals surface area contributed by atoms with Crippen LogP contribution in [0.4, 0.5) is 5.69 Å². The Morgan fingerprint density at radius 1 is 1.53 bits per heavy atom. The quantitative estimate of drug-likeness (QED) is 0.820. The number of carbonyl (C=O) groups is 1. The topological polar surface area (TPSA) is 68.0 Å². The van der Waals surface area contributed by atoms with Crippen molar-refractivity contribution in [1.29, 1.82) is 0 Å². The van der Waals surface area contributed by atoms with Crippen LogP contribution in [0.15, 0.2) is 18.3 Å². The van der Waals surface area contributed by atoms with E-state index in [0.717, 1.165) is 12.8 Å². The highest BCUT2D eigenvalue weighted by molar-refractivity contribution is 5.92. The Hall–Kier alpha value is -1.58. The van der Waals surface area contributed by atoms with E-state index in [-0.39, 0.29) is 17.4 Å². The molecule has 1 unspecified atom stereocenters. The number of aromatic nitrogens is 1. The van der Waals surface area contributed by atoms with Gasteiger partial charge in [0.1, 0.15) is 5.69 Å². The first kappa shape index (κ1) is 11.9. The van der Waals surface area contributed by atoms with Crippen molar-refractivity contribution in [2.45, 2.75) is 39.2 Å². The number of nitrogens with one attached hydrogen (secondary N) is 1. The highest BCUT2D eigenvalue weighted by Gasteiger charge is 2.35. The van der Waals surface area contributed by atoms with E-state index in [4.69, 9.17) is 5.73 Å². The van der Waals surface area contributed by atoms with E-state index in [0.29, 0.717) is 11.4 Å². The molecule has 0 aromatic carbocycles. The molecule has 0 spiro atoms. The molecule has 1 saturated carbocycles. The summed E-state index contributed by atoms with van der Waals surface area (Å²) in [5.74, 6) is -0.107. The lowest BCUT2D eigenvalue weighted by atomic mass is 9.87. The average Bonchev–Trinajstić information content (AvgIpc) is 2.59. The molecule has 1 aromatic rings. The minimum Gasteiger partial charge on any atom is -0.397 e. The van der Waals surface area contributed by atoms with Crippen LogP contribution in [0.2, 0.25) is 0 Å². The first-order valence-corrected chi connectivity index (χ1v) is 6.01. The van der Waals surface area contributed by atoms with Crippen LogP contribution in [0.1, 0.15) is 43.6 Å². The third kappa shape index (κ3) is 2.57. The van der Waals surface area contributed by atoms with Crippen LogP contribution >= 0.6 is 0 Å². The molecule has 92 valence electrons. The molecule has 1 atom stereocenters. The number of rotatable bonds is 2. The lowest BCUT2D eigenvalue weighted by Crippen LogP contribution is -2.41. The summed E-state index contributed by atoms with van der Waals surface area (Å²) in [4.78, 5) is 16.0. The van der Waals surface area contributed by atoms with Crippen LogP contribution < -0.4 is 11.1 Å². The monoisotopic (exact) mass is 233 g/mol. The largest absolute Gasteiger partial charge is 0.397 e. The summed E-state index contributed by atoms with van der Waals surface area (Å²) >= 11 is 0. The molecule has 1 aromatic heterocycles. The molecule has 1 aliphatic rings. The predicted octanol–water partition coefficient (Wildman–Crippen LogP) is 1.97. The minimum absolute atomic E-state index is 0.107. The predicted molar refractivity (Wildman–Crippen MR) is 67.5 cm³/mol. The molecular formula is C13H19N3O. The maximum Gasteiger partial charge on any atom is 0.270 e. The van der Waals surface area contributed by atoms with E-state index < -0.39 is 0 Å². The minimum atomic E-state index is -0.107. The first-order valence-electron chi connectivity index (χ1n) is 6.01. The molecule has 1 heterocycles. The molecular weight excluding hydrogens is 214 g/mol. The zero-order valence-corrected chi connectivity index (χ0v) is 10.4. The summed E-state index contributed by atoms with van der Waals surface area (Å²) in [6.07, 6.45) is 4.89. The van der Waals surface area contributed by atoms with Gasteiger partial charge >= 0.3 is 0 Å². The van der Waals surface area contributed by atoms with Gasteiger partial charge in [-0.15, -0.1) is 0 Å². The smallest absolute Gasteiger partial charge is 0.270 e. The van der Waals surface area contributed by atoms with Crippen molar-refractivity contribution < 1.29 is 4.79 Å². The molecule has 1 aliphatic carbocycles. The molecule has 0 saturated heterocycles. The number of nitrogen functional groups attached to an aromatic ring is 1. The van der Waals surface area contributed by atoms with Gasteiger partial charge in [-0.3, -0.25) is 4.79 Å². The number of pyridine rings is 1. The molecule has 1 fully saturated rings. The molecule has 4 heteroatoms. The summed E-state index contributed by atoms with van der Waals surface area (Å²) in [6.45, 7) is 4.39. The Morgan fingerprint density at radius 2 is 2.29 bits per heavy atom. The third-order valence-corrected chi connectivity index (χ3v) is 3.58. The zero-order chi connectivity index (χ0) is 12.5. The second-order valence-corrected chi connectivity index (χ2v) is 5.38. The van der Waals surface area contributed by atoms with Crippen molar-refractivity contribution >= 4 is 11.6 Å². The van der Waals surface area contributed by atoms with Crippen LogP contribution in [-0.4, -0.2) is 16.9 Å². The lowest BCUT2D eigenvalue weighted by Gasteiger charge is -2.27. The average molecular weight is 233 g/mol. The van der Waals surface area contributed by atoms with E-state index in [9.17, 15) is 4.79 Å². The van der Waals surface area contributed by atoms with Crippen molar-refractivity contribution in [3.8, 4) is 0 Å². The highest BCUT2D eigenvalue weighted by atomic mass is 16.1. The van der Waals surface area contributed by atoms with Gasteiger partial charge in [-0.1, -0.05) is 20.3 Å². The number of nitrogens with two attached hydrogens (primary N) is 1. The molecule has 17 heavy (non-hydrogen) atoms. The number of nitrogens with zero attached hydrogens (tertiary/aromatic N) is 1. The standard InChI is InChI=1S/C13H19N3O/c1-13(2)7-3-4-11(13)16-12(17)10-6-5-9(14)8-15-10/h5-6,8,11H,3-4,7,14H2,1-2H3,(H,16,17). The van der Waals surface area contributed by atoms with Gasteiger partial charge in [-0.2, -0.15) is 0 Å². The summed E-state index contributed by atoms with van der Waals surface area (Å²) in [5.41, 5.74) is 6.73. The summed E-state index contributed by atoms with van der Waals surface area (Å²) in [7, 11) is 0. The van der Waals surface area contributed by atoms with Gasteiger partial charge in [0.2, 0.25) is 0 Å². The Balaban J connectivity index is 2.04. The first-order chi connectivity index (χ1) is 7.99. The fourth-order valence-corrected chi connectivity index (χ4v) is 2.37. The fraction of sp³-hybridized carbons (Fsp3) is 0.538. The van der Waals surface area contributed by atoms with Gasteiger partial charge in [0.25, 0.3) is 5.91 Å². The van der Waals surface area contributed by atoms with Crippen molar-refractivity contribution in [1.82, 2.24) is 10.3 Å². The second kappa shape index (κ2) is 4.35.